The lowest BCUT2D eigenvalue weighted by atomic mass is 10.1. The third-order valence-electron chi connectivity index (χ3n) is 2.97. The lowest BCUT2D eigenvalue weighted by molar-refractivity contribution is -0.387. The van der Waals surface area contributed by atoms with Crippen LogP contribution < -0.4 is 5.32 Å². The van der Waals surface area contributed by atoms with Crippen molar-refractivity contribution in [2.75, 3.05) is 20.6 Å². The molecule has 0 spiro atoms. The summed E-state index contributed by atoms with van der Waals surface area (Å²) in [5.41, 5.74) is -0.291. The van der Waals surface area contributed by atoms with Gasteiger partial charge in [-0.25, -0.2) is 0 Å². The van der Waals surface area contributed by atoms with E-state index in [1.807, 2.05) is 0 Å². The van der Waals surface area contributed by atoms with Gasteiger partial charge in [0, 0.05) is 37.7 Å². The third kappa shape index (κ3) is 3.99. The van der Waals surface area contributed by atoms with Crippen molar-refractivity contribution in [3.8, 4) is 0 Å². The maximum absolute atomic E-state index is 13.9. The Morgan fingerprint density at radius 2 is 2.20 bits per heavy atom. The van der Waals surface area contributed by atoms with Crippen LogP contribution in [0.25, 0.3) is 0 Å². The zero-order valence-corrected chi connectivity index (χ0v) is 11.7. The second kappa shape index (κ2) is 6.95. The number of rotatable bonds is 6. The summed E-state index contributed by atoms with van der Waals surface area (Å²) in [7, 11) is 3.29. The van der Waals surface area contributed by atoms with Crippen LogP contribution in [0.1, 0.15) is 12.5 Å². The van der Waals surface area contributed by atoms with Crippen LogP contribution in [0.2, 0.25) is 0 Å². The van der Waals surface area contributed by atoms with Crippen LogP contribution >= 0.6 is 0 Å². The van der Waals surface area contributed by atoms with Gasteiger partial charge in [0.2, 0.25) is 11.7 Å². The van der Waals surface area contributed by atoms with Gasteiger partial charge in [0.05, 0.1) is 4.92 Å². The molecule has 1 unspecified atom stereocenters. The zero-order chi connectivity index (χ0) is 15.3. The van der Waals surface area contributed by atoms with Gasteiger partial charge in [-0.2, -0.15) is 4.39 Å². The van der Waals surface area contributed by atoms with Crippen molar-refractivity contribution in [3.63, 3.8) is 0 Å². The minimum atomic E-state index is -0.822. The molecular weight excluding hydrogens is 265 g/mol. The SMILES string of the molecule is CNC(=O)C(C)CN(C)Cc1cccc([N+](=O)[O-])c1F. The molecule has 1 aromatic carbocycles. The van der Waals surface area contributed by atoms with Crippen LogP contribution in [0.5, 0.6) is 0 Å². The van der Waals surface area contributed by atoms with Gasteiger partial charge >= 0.3 is 5.69 Å². The number of carbonyl (C=O) groups excluding carboxylic acids is 1. The molecule has 0 saturated heterocycles. The summed E-state index contributed by atoms with van der Waals surface area (Å²) in [6.45, 7) is 2.40. The molecule has 0 aromatic heterocycles. The number of amides is 1. The Labute approximate surface area is 116 Å². The molecule has 0 radical (unpaired) electrons. The molecule has 0 fully saturated rings. The van der Waals surface area contributed by atoms with E-state index in [1.54, 1.807) is 25.9 Å². The van der Waals surface area contributed by atoms with E-state index < -0.39 is 16.4 Å². The second-order valence-corrected chi connectivity index (χ2v) is 4.72. The molecule has 110 valence electrons. The molecule has 6 nitrogen and oxygen atoms in total. The molecule has 0 aliphatic rings. The summed E-state index contributed by atoms with van der Waals surface area (Å²) in [6, 6.07) is 4.09. The van der Waals surface area contributed by atoms with E-state index in [0.717, 1.165) is 6.07 Å². The van der Waals surface area contributed by atoms with Crippen LogP contribution in [-0.4, -0.2) is 36.4 Å². The van der Waals surface area contributed by atoms with E-state index in [2.05, 4.69) is 5.32 Å². The van der Waals surface area contributed by atoms with Gasteiger partial charge in [0.1, 0.15) is 0 Å². The van der Waals surface area contributed by atoms with E-state index in [-0.39, 0.29) is 23.9 Å². The molecule has 0 heterocycles. The summed E-state index contributed by atoms with van der Waals surface area (Å²) >= 11 is 0. The van der Waals surface area contributed by atoms with Crippen LogP contribution in [0.4, 0.5) is 10.1 Å². The molecule has 7 heteroatoms. The molecule has 1 aromatic rings. The molecule has 1 rings (SSSR count). The Bertz CT molecular complexity index is 508. The second-order valence-electron chi connectivity index (χ2n) is 4.72. The molecular formula is C13H18FN3O3. The number of nitro benzene ring substituents is 1. The smallest absolute Gasteiger partial charge is 0.305 e. The zero-order valence-electron chi connectivity index (χ0n) is 11.7. The maximum atomic E-state index is 13.9. The molecule has 20 heavy (non-hydrogen) atoms. The number of hydrogen-bond donors (Lipinski definition) is 1. The van der Waals surface area contributed by atoms with Crippen molar-refractivity contribution in [2.24, 2.45) is 5.92 Å². The van der Waals surface area contributed by atoms with Gasteiger partial charge < -0.3 is 10.2 Å². The first-order valence-corrected chi connectivity index (χ1v) is 6.18. The van der Waals surface area contributed by atoms with Crippen LogP contribution in [0, 0.1) is 21.8 Å². The average Bonchev–Trinajstić information content (AvgIpc) is 2.39. The number of halogens is 1. The monoisotopic (exact) mass is 283 g/mol. The van der Waals surface area contributed by atoms with Crippen molar-refractivity contribution < 1.29 is 14.1 Å². The molecule has 0 saturated carbocycles. The van der Waals surface area contributed by atoms with Crippen LogP contribution in [0.3, 0.4) is 0 Å². The molecule has 1 N–H and O–H groups in total. The van der Waals surface area contributed by atoms with E-state index in [1.165, 1.54) is 12.1 Å². The maximum Gasteiger partial charge on any atom is 0.305 e. The quantitative estimate of drug-likeness (QED) is 0.635. The minimum absolute atomic E-state index is 0.101. The lowest BCUT2D eigenvalue weighted by Gasteiger charge is -2.20. The van der Waals surface area contributed by atoms with E-state index >= 15 is 0 Å². The Morgan fingerprint density at radius 3 is 2.75 bits per heavy atom. The summed E-state index contributed by atoms with van der Waals surface area (Å²) in [5.74, 6) is -1.17. The summed E-state index contributed by atoms with van der Waals surface area (Å²) in [4.78, 5) is 23.1. The fraction of sp³-hybridized carbons (Fsp3) is 0.462. The highest BCUT2D eigenvalue weighted by molar-refractivity contribution is 5.78. The highest BCUT2D eigenvalue weighted by Crippen LogP contribution is 2.21. The minimum Gasteiger partial charge on any atom is -0.359 e. The summed E-state index contributed by atoms with van der Waals surface area (Å²) < 4.78 is 13.9. The Morgan fingerprint density at radius 1 is 1.55 bits per heavy atom. The summed E-state index contributed by atoms with van der Waals surface area (Å²) in [6.07, 6.45) is 0. The molecule has 1 atom stereocenters. The van der Waals surface area contributed by atoms with Gasteiger partial charge in [0.15, 0.2) is 0 Å². The first-order valence-electron chi connectivity index (χ1n) is 6.18. The number of benzene rings is 1. The standard InChI is InChI=1S/C13H18FN3O3/c1-9(13(18)15-2)7-16(3)8-10-5-4-6-11(12(10)14)17(19)20/h4-6,9H,7-8H2,1-3H3,(H,15,18). The fourth-order valence-electron chi connectivity index (χ4n) is 1.98. The normalized spacial score (nSPS) is 12.2. The first-order chi connectivity index (χ1) is 9.36. The van der Waals surface area contributed by atoms with Crippen molar-refractivity contribution in [2.45, 2.75) is 13.5 Å². The van der Waals surface area contributed by atoms with Crippen LogP contribution in [0.15, 0.2) is 18.2 Å². The largest absolute Gasteiger partial charge is 0.359 e. The Kier molecular flexibility index (Phi) is 5.57. The van der Waals surface area contributed by atoms with Crippen molar-refractivity contribution in [3.05, 3.63) is 39.7 Å². The highest BCUT2D eigenvalue weighted by atomic mass is 19.1. The number of nitrogens with one attached hydrogen (secondary N) is 1. The van der Waals surface area contributed by atoms with Gasteiger partial charge in [-0.1, -0.05) is 19.1 Å². The highest BCUT2D eigenvalue weighted by Gasteiger charge is 2.19. The van der Waals surface area contributed by atoms with Crippen molar-refractivity contribution >= 4 is 11.6 Å². The molecule has 0 aliphatic heterocycles. The Balaban J connectivity index is 2.76. The molecule has 0 aliphatic carbocycles. The van der Waals surface area contributed by atoms with Crippen molar-refractivity contribution in [1.82, 2.24) is 10.2 Å². The van der Waals surface area contributed by atoms with E-state index in [4.69, 9.17) is 0 Å². The van der Waals surface area contributed by atoms with Gasteiger partial charge in [0.25, 0.3) is 0 Å². The first kappa shape index (κ1) is 16.0. The van der Waals surface area contributed by atoms with E-state index in [9.17, 15) is 19.3 Å². The number of carbonyl (C=O) groups is 1. The van der Waals surface area contributed by atoms with Gasteiger partial charge in [-0.3, -0.25) is 14.9 Å². The van der Waals surface area contributed by atoms with Gasteiger partial charge in [-0.15, -0.1) is 0 Å². The number of nitro groups is 1. The number of nitrogens with zero attached hydrogens (tertiary/aromatic N) is 2. The van der Waals surface area contributed by atoms with Crippen LogP contribution in [-0.2, 0) is 11.3 Å². The average molecular weight is 283 g/mol. The van der Waals surface area contributed by atoms with E-state index in [0.29, 0.717) is 6.54 Å². The topological polar surface area (TPSA) is 75.5 Å². The Hall–Kier alpha value is -2.02. The molecule has 0 bridgehead atoms. The van der Waals surface area contributed by atoms with Gasteiger partial charge in [-0.05, 0) is 7.05 Å². The fourth-order valence-corrected chi connectivity index (χ4v) is 1.98. The predicted molar refractivity (Wildman–Crippen MR) is 72.6 cm³/mol. The number of hydrogen-bond acceptors (Lipinski definition) is 4. The lowest BCUT2D eigenvalue weighted by Crippen LogP contribution is -2.34. The molecule has 1 amide bonds. The van der Waals surface area contributed by atoms with Crippen molar-refractivity contribution in [1.29, 1.82) is 0 Å². The third-order valence-corrected chi connectivity index (χ3v) is 2.97. The predicted octanol–water partition coefficient (Wildman–Crippen LogP) is 1.55. The summed E-state index contributed by atoms with van der Waals surface area (Å²) in [5, 5.41) is 13.2.